The molecule has 0 aromatic carbocycles. The van der Waals surface area contributed by atoms with E-state index in [9.17, 15) is 0 Å². The van der Waals surface area contributed by atoms with Crippen molar-refractivity contribution in [2.45, 2.75) is 45.1 Å². The monoisotopic (exact) mass is 240 g/mol. The van der Waals surface area contributed by atoms with Crippen LogP contribution in [0, 0.1) is 5.92 Å². The Morgan fingerprint density at radius 1 is 1.35 bits per heavy atom. The summed E-state index contributed by atoms with van der Waals surface area (Å²) in [6, 6.07) is 0. The van der Waals surface area contributed by atoms with Crippen molar-refractivity contribution in [3.05, 3.63) is 0 Å². The molecule has 3 nitrogen and oxygen atoms in total. The summed E-state index contributed by atoms with van der Waals surface area (Å²) in [6.45, 7) is 11.2. The Kier molecular flexibility index (Phi) is 4.83. The number of ether oxygens (including phenoxy) is 1. The zero-order valence-electron chi connectivity index (χ0n) is 11.5. The van der Waals surface area contributed by atoms with Gasteiger partial charge in [-0.15, -0.1) is 0 Å². The molecule has 0 spiro atoms. The van der Waals surface area contributed by atoms with Crippen LogP contribution in [0.5, 0.6) is 0 Å². The van der Waals surface area contributed by atoms with E-state index in [-0.39, 0.29) is 0 Å². The van der Waals surface area contributed by atoms with Crippen LogP contribution in [0.2, 0.25) is 0 Å². The summed E-state index contributed by atoms with van der Waals surface area (Å²) in [5.41, 5.74) is 0.391. The molecule has 1 saturated carbocycles. The number of hydrogen-bond acceptors (Lipinski definition) is 3. The van der Waals surface area contributed by atoms with Crippen molar-refractivity contribution in [1.29, 1.82) is 0 Å². The second-order valence-corrected chi connectivity index (χ2v) is 5.86. The first kappa shape index (κ1) is 13.3. The van der Waals surface area contributed by atoms with Crippen molar-refractivity contribution in [3.8, 4) is 0 Å². The first-order valence-corrected chi connectivity index (χ1v) is 7.30. The number of hydrogen-bond donors (Lipinski definition) is 1. The van der Waals surface area contributed by atoms with E-state index in [1.165, 1.54) is 38.9 Å². The van der Waals surface area contributed by atoms with Crippen LogP contribution < -0.4 is 5.32 Å². The molecule has 1 aliphatic heterocycles. The minimum atomic E-state index is 0.391. The van der Waals surface area contributed by atoms with Crippen molar-refractivity contribution >= 4 is 0 Å². The molecular weight excluding hydrogens is 212 g/mol. The van der Waals surface area contributed by atoms with Crippen molar-refractivity contribution in [3.63, 3.8) is 0 Å². The molecule has 1 saturated heterocycles. The summed E-state index contributed by atoms with van der Waals surface area (Å²) in [7, 11) is 0. The smallest absolute Gasteiger partial charge is 0.0478 e. The van der Waals surface area contributed by atoms with Gasteiger partial charge in [-0.3, -0.25) is 0 Å². The predicted octanol–water partition coefficient (Wildman–Crippen LogP) is 1.88. The Morgan fingerprint density at radius 3 is 2.88 bits per heavy atom. The third-order valence-electron chi connectivity index (χ3n) is 4.10. The molecule has 1 unspecified atom stereocenters. The predicted molar refractivity (Wildman–Crippen MR) is 71.3 cm³/mol. The lowest BCUT2D eigenvalue weighted by atomic mass is 9.93. The normalized spacial score (nSPS) is 30.7. The number of piperazine rings is 1. The van der Waals surface area contributed by atoms with Crippen LogP contribution in [0.3, 0.4) is 0 Å². The molecule has 3 heteroatoms. The molecular formula is C14H28N2O. The highest BCUT2D eigenvalue weighted by Crippen LogP contribution is 2.40. The van der Waals surface area contributed by atoms with Gasteiger partial charge in [0, 0.05) is 44.9 Å². The van der Waals surface area contributed by atoms with Gasteiger partial charge < -0.3 is 15.0 Å². The van der Waals surface area contributed by atoms with Crippen molar-refractivity contribution < 1.29 is 4.74 Å². The highest BCUT2D eigenvalue weighted by molar-refractivity contribution is 5.01. The lowest BCUT2D eigenvalue weighted by Crippen LogP contribution is -2.60. The van der Waals surface area contributed by atoms with E-state index in [0.717, 1.165) is 32.1 Å². The van der Waals surface area contributed by atoms with E-state index < -0.39 is 0 Å². The van der Waals surface area contributed by atoms with E-state index in [0.29, 0.717) is 5.54 Å². The molecule has 1 aliphatic carbocycles. The maximum atomic E-state index is 5.54. The zero-order valence-corrected chi connectivity index (χ0v) is 11.5. The number of rotatable bonds is 7. The summed E-state index contributed by atoms with van der Waals surface area (Å²) in [5.74, 6) is 0.932. The molecule has 1 heterocycles. The third-order valence-corrected chi connectivity index (χ3v) is 4.10. The van der Waals surface area contributed by atoms with Gasteiger partial charge in [-0.25, -0.2) is 0 Å². The molecule has 0 aromatic rings. The summed E-state index contributed by atoms with van der Waals surface area (Å²) >= 11 is 0. The standard InChI is InChI=1S/C14H28N2O/c1-3-10-17-11-4-8-16-9-7-15-14(2,12-16)13-5-6-13/h13,15H,3-12H2,1-2H3. The second-order valence-electron chi connectivity index (χ2n) is 5.86. The molecule has 17 heavy (non-hydrogen) atoms. The molecule has 0 aromatic heterocycles. The van der Waals surface area contributed by atoms with Crippen molar-refractivity contribution in [1.82, 2.24) is 10.2 Å². The molecule has 2 aliphatic rings. The van der Waals surface area contributed by atoms with Gasteiger partial charge in [0.1, 0.15) is 0 Å². The lowest BCUT2D eigenvalue weighted by Gasteiger charge is -2.42. The Balaban J connectivity index is 1.63. The highest BCUT2D eigenvalue weighted by Gasteiger charge is 2.43. The minimum Gasteiger partial charge on any atom is -0.381 e. The van der Waals surface area contributed by atoms with Gasteiger partial charge in [-0.1, -0.05) is 6.92 Å². The van der Waals surface area contributed by atoms with Gasteiger partial charge in [0.25, 0.3) is 0 Å². The van der Waals surface area contributed by atoms with Gasteiger partial charge in [-0.2, -0.15) is 0 Å². The molecule has 0 radical (unpaired) electrons. The van der Waals surface area contributed by atoms with Crippen molar-refractivity contribution in [2.75, 3.05) is 39.4 Å². The van der Waals surface area contributed by atoms with E-state index in [1.54, 1.807) is 0 Å². The van der Waals surface area contributed by atoms with Gasteiger partial charge in [0.15, 0.2) is 0 Å². The average Bonchev–Trinajstić information content (AvgIpc) is 3.13. The SMILES string of the molecule is CCCOCCCN1CCNC(C)(C2CC2)C1. The Bertz CT molecular complexity index is 230. The van der Waals surface area contributed by atoms with Gasteiger partial charge >= 0.3 is 0 Å². The topological polar surface area (TPSA) is 24.5 Å². The Hall–Kier alpha value is -0.120. The van der Waals surface area contributed by atoms with Crippen LogP contribution in [-0.2, 0) is 4.74 Å². The summed E-state index contributed by atoms with van der Waals surface area (Å²) in [5, 5.41) is 3.73. The Morgan fingerprint density at radius 2 is 2.18 bits per heavy atom. The van der Waals surface area contributed by atoms with E-state index in [1.807, 2.05) is 0 Å². The molecule has 2 rings (SSSR count). The number of nitrogens with one attached hydrogen (secondary N) is 1. The number of nitrogens with zero attached hydrogens (tertiary/aromatic N) is 1. The first-order chi connectivity index (χ1) is 8.24. The third kappa shape index (κ3) is 3.94. The molecule has 0 bridgehead atoms. The van der Waals surface area contributed by atoms with E-state index >= 15 is 0 Å². The quantitative estimate of drug-likeness (QED) is 0.688. The van der Waals surface area contributed by atoms with E-state index in [4.69, 9.17) is 4.74 Å². The fourth-order valence-corrected chi connectivity index (χ4v) is 2.92. The van der Waals surface area contributed by atoms with Gasteiger partial charge in [0.2, 0.25) is 0 Å². The van der Waals surface area contributed by atoms with E-state index in [2.05, 4.69) is 24.1 Å². The fraction of sp³-hybridized carbons (Fsp3) is 1.00. The molecule has 1 atom stereocenters. The van der Waals surface area contributed by atoms with Gasteiger partial charge in [-0.05, 0) is 38.5 Å². The zero-order chi connectivity index (χ0) is 12.1. The maximum Gasteiger partial charge on any atom is 0.0478 e. The summed E-state index contributed by atoms with van der Waals surface area (Å²) in [4.78, 5) is 2.62. The van der Waals surface area contributed by atoms with Gasteiger partial charge in [0.05, 0.1) is 0 Å². The molecule has 100 valence electrons. The minimum absolute atomic E-state index is 0.391. The maximum absolute atomic E-state index is 5.54. The summed E-state index contributed by atoms with van der Waals surface area (Å²) in [6.07, 6.45) is 5.17. The van der Waals surface area contributed by atoms with Crippen LogP contribution in [0.15, 0.2) is 0 Å². The molecule has 2 fully saturated rings. The first-order valence-electron chi connectivity index (χ1n) is 7.30. The van der Waals surface area contributed by atoms with Crippen LogP contribution in [0.1, 0.15) is 39.5 Å². The second kappa shape index (κ2) is 6.17. The Labute approximate surface area is 106 Å². The fourth-order valence-electron chi connectivity index (χ4n) is 2.92. The molecule has 0 amide bonds. The van der Waals surface area contributed by atoms with Crippen LogP contribution in [0.4, 0.5) is 0 Å². The largest absolute Gasteiger partial charge is 0.381 e. The average molecular weight is 240 g/mol. The van der Waals surface area contributed by atoms with Crippen LogP contribution >= 0.6 is 0 Å². The van der Waals surface area contributed by atoms with Crippen molar-refractivity contribution in [2.24, 2.45) is 5.92 Å². The summed E-state index contributed by atoms with van der Waals surface area (Å²) < 4.78 is 5.54. The molecule has 1 N–H and O–H groups in total. The van der Waals surface area contributed by atoms with Crippen LogP contribution in [0.25, 0.3) is 0 Å². The van der Waals surface area contributed by atoms with Crippen LogP contribution in [-0.4, -0.2) is 49.8 Å². The lowest BCUT2D eigenvalue weighted by molar-refractivity contribution is 0.0952. The highest BCUT2D eigenvalue weighted by atomic mass is 16.5.